The lowest BCUT2D eigenvalue weighted by molar-refractivity contribution is -0.235. The Labute approximate surface area is 139 Å². The fourth-order valence-electron chi connectivity index (χ4n) is 3.04. The van der Waals surface area contributed by atoms with Crippen molar-refractivity contribution in [3.63, 3.8) is 0 Å². The molecular weight excluding hydrogens is 272 g/mol. The highest BCUT2D eigenvalue weighted by Gasteiger charge is 2.36. The summed E-state index contributed by atoms with van der Waals surface area (Å²) >= 11 is 0. The largest absolute Gasteiger partial charge is 0.353 e. The first kappa shape index (κ1) is 21.4. The maximum absolute atomic E-state index is 5.82. The fraction of sp³-hybridized carbons (Fsp3) is 0.800. The smallest absolute Gasteiger partial charge is 0.173 e. The summed E-state index contributed by atoms with van der Waals surface area (Å²) in [5, 5.41) is 0. The van der Waals surface area contributed by atoms with Crippen molar-refractivity contribution in [2.75, 3.05) is 14.2 Å². The van der Waals surface area contributed by atoms with Crippen molar-refractivity contribution >= 4 is 0 Å². The third-order valence-corrected chi connectivity index (χ3v) is 4.37. The summed E-state index contributed by atoms with van der Waals surface area (Å²) in [6, 6.07) is 0. The Bertz CT molecular complexity index is 290. The predicted octanol–water partition coefficient (Wildman–Crippen LogP) is 6.27. The summed E-state index contributed by atoms with van der Waals surface area (Å²) < 4.78 is 11.6. The molecule has 0 aromatic carbocycles. The summed E-state index contributed by atoms with van der Waals surface area (Å²) in [5.41, 5.74) is 0. The Hall–Kier alpha value is -0.600. The summed E-state index contributed by atoms with van der Waals surface area (Å²) in [6.45, 7) is 6.49. The van der Waals surface area contributed by atoms with Crippen LogP contribution in [-0.4, -0.2) is 20.0 Å². The lowest BCUT2D eigenvalue weighted by Crippen LogP contribution is -2.41. The summed E-state index contributed by atoms with van der Waals surface area (Å²) in [5.74, 6) is -0.166. The summed E-state index contributed by atoms with van der Waals surface area (Å²) in [6.07, 6.45) is 19.6. The van der Waals surface area contributed by atoms with Crippen LogP contribution in [0.4, 0.5) is 0 Å². The van der Waals surface area contributed by atoms with Gasteiger partial charge in [-0.25, -0.2) is 0 Å². The van der Waals surface area contributed by atoms with E-state index in [9.17, 15) is 0 Å². The zero-order valence-electron chi connectivity index (χ0n) is 15.6. The molecule has 1 unspecified atom stereocenters. The normalized spacial score (nSPS) is 14.2. The quantitative estimate of drug-likeness (QED) is 0.214. The molecule has 0 N–H and O–H groups in total. The second kappa shape index (κ2) is 14.0. The molecule has 130 valence electrons. The van der Waals surface area contributed by atoms with Gasteiger partial charge in [-0.15, -0.1) is 0 Å². The zero-order valence-corrected chi connectivity index (χ0v) is 15.6. The van der Waals surface area contributed by atoms with Gasteiger partial charge in [-0.3, -0.25) is 0 Å². The van der Waals surface area contributed by atoms with Crippen LogP contribution in [0.1, 0.15) is 78.6 Å². The maximum Gasteiger partial charge on any atom is 0.173 e. The Kier molecular flexibility index (Phi) is 13.6. The number of allylic oxidation sites excluding steroid dienone is 3. The summed E-state index contributed by atoms with van der Waals surface area (Å²) in [7, 11) is 3.55. The molecule has 0 heterocycles. The van der Waals surface area contributed by atoms with E-state index in [0.717, 1.165) is 19.3 Å². The molecule has 0 aromatic heterocycles. The molecule has 0 fully saturated rings. The van der Waals surface area contributed by atoms with Crippen LogP contribution < -0.4 is 0 Å². The van der Waals surface area contributed by atoms with E-state index in [0.29, 0.717) is 5.92 Å². The van der Waals surface area contributed by atoms with Crippen molar-refractivity contribution < 1.29 is 9.47 Å². The minimum absolute atomic E-state index is 0.310. The van der Waals surface area contributed by atoms with Crippen LogP contribution in [-0.2, 0) is 9.47 Å². The predicted molar refractivity (Wildman–Crippen MR) is 97.1 cm³/mol. The Morgan fingerprint density at radius 1 is 0.864 bits per heavy atom. The SMILES string of the molecule is CC=CC=CC(CCCCCCCC)C(CCC)(OC)OC. The van der Waals surface area contributed by atoms with Crippen LogP contribution in [0.2, 0.25) is 0 Å². The molecule has 0 saturated carbocycles. The lowest BCUT2D eigenvalue weighted by Gasteiger charge is -2.37. The molecule has 22 heavy (non-hydrogen) atoms. The van der Waals surface area contributed by atoms with Crippen molar-refractivity contribution in [2.24, 2.45) is 5.92 Å². The first-order valence-electron chi connectivity index (χ1n) is 9.10. The molecule has 0 saturated heterocycles. The van der Waals surface area contributed by atoms with Crippen molar-refractivity contribution in [1.29, 1.82) is 0 Å². The van der Waals surface area contributed by atoms with E-state index in [2.05, 4.69) is 38.2 Å². The highest BCUT2D eigenvalue weighted by atomic mass is 16.7. The summed E-state index contributed by atoms with van der Waals surface area (Å²) in [4.78, 5) is 0. The molecule has 0 radical (unpaired) electrons. The fourth-order valence-corrected chi connectivity index (χ4v) is 3.04. The van der Waals surface area contributed by atoms with E-state index in [1.54, 1.807) is 14.2 Å². The number of ether oxygens (including phenoxy) is 2. The van der Waals surface area contributed by atoms with Crippen LogP contribution in [0.5, 0.6) is 0 Å². The maximum atomic E-state index is 5.82. The van der Waals surface area contributed by atoms with Gasteiger partial charge in [-0.2, -0.15) is 0 Å². The molecule has 0 bridgehead atoms. The molecule has 1 atom stereocenters. The third-order valence-electron chi connectivity index (χ3n) is 4.37. The second-order valence-electron chi connectivity index (χ2n) is 6.04. The second-order valence-corrected chi connectivity index (χ2v) is 6.04. The molecule has 0 aromatic rings. The average Bonchev–Trinajstić information content (AvgIpc) is 2.54. The highest BCUT2D eigenvalue weighted by molar-refractivity contribution is 5.06. The Morgan fingerprint density at radius 3 is 2.05 bits per heavy atom. The van der Waals surface area contributed by atoms with Crippen LogP contribution in [0.15, 0.2) is 24.3 Å². The van der Waals surface area contributed by atoms with E-state index in [1.165, 1.54) is 38.5 Å². The van der Waals surface area contributed by atoms with E-state index >= 15 is 0 Å². The van der Waals surface area contributed by atoms with Crippen molar-refractivity contribution in [1.82, 2.24) is 0 Å². The van der Waals surface area contributed by atoms with Gasteiger partial charge in [-0.05, 0) is 13.3 Å². The van der Waals surface area contributed by atoms with Gasteiger partial charge >= 0.3 is 0 Å². The monoisotopic (exact) mass is 310 g/mol. The van der Waals surface area contributed by atoms with E-state index in [1.807, 2.05) is 6.92 Å². The van der Waals surface area contributed by atoms with Crippen molar-refractivity contribution in [3.8, 4) is 0 Å². The number of hydrogen-bond acceptors (Lipinski definition) is 2. The van der Waals surface area contributed by atoms with Crippen LogP contribution in [0.3, 0.4) is 0 Å². The van der Waals surface area contributed by atoms with E-state index in [-0.39, 0.29) is 0 Å². The minimum atomic E-state index is -0.476. The molecule has 0 rings (SSSR count). The van der Waals surface area contributed by atoms with Gasteiger partial charge < -0.3 is 9.47 Å². The van der Waals surface area contributed by atoms with Crippen molar-refractivity contribution in [2.45, 2.75) is 84.3 Å². The third kappa shape index (κ3) is 8.14. The first-order valence-corrected chi connectivity index (χ1v) is 9.10. The van der Waals surface area contributed by atoms with Crippen LogP contribution in [0.25, 0.3) is 0 Å². The topological polar surface area (TPSA) is 18.5 Å². The molecule has 0 aliphatic heterocycles. The molecule has 2 nitrogen and oxygen atoms in total. The lowest BCUT2D eigenvalue weighted by atomic mass is 9.88. The Morgan fingerprint density at radius 2 is 1.50 bits per heavy atom. The Balaban J connectivity index is 4.65. The van der Waals surface area contributed by atoms with Gasteiger partial charge in [-0.1, -0.05) is 83.1 Å². The van der Waals surface area contributed by atoms with Crippen LogP contribution in [0, 0.1) is 5.92 Å². The molecule has 0 amide bonds. The van der Waals surface area contributed by atoms with Gasteiger partial charge in [0.05, 0.1) is 0 Å². The number of hydrogen-bond donors (Lipinski definition) is 0. The standard InChI is InChI=1S/C20H38O2/c1-6-9-11-12-13-15-17-19(16-14-10-7-2)20(21-4,22-5)18-8-3/h7,10,14,16,19H,6,8-9,11-13,15,17-18H2,1-5H3. The van der Waals surface area contributed by atoms with Gasteiger partial charge in [0, 0.05) is 26.6 Å². The van der Waals surface area contributed by atoms with Gasteiger partial charge in [0.1, 0.15) is 0 Å². The van der Waals surface area contributed by atoms with Crippen molar-refractivity contribution in [3.05, 3.63) is 24.3 Å². The van der Waals surface area contributed by atoms with Gasteiger partial charge in [0.15, 0.2) is 5.79 Å². The van der Waals surface area contributed by atoms with E-state index < -0.39 is 5.79 Å². The number of methoxy groups -OCH3 is 2. The van der Waals surface area contributed by atoms with Gasteiger partial charge in [0.25, 0.3) is 0 Å². The van der Waals surface area contributed by atoms with Gasteiger partial charge in [0.2, 0.25) is 0 Å². The highest BCUT2D eigenvalue weighted by Crippen LogP contribution is 2.33. The van der Waals surface area contributed by atoms with E-state index in [4.69, 9.17) is 9.47 Å². The molecule has 2 heteroatoms. The zero-order chi connectivity index (χ0) is 16.7. The van der Waals surface area contributed by atoms with Crippen LogP contribution >= 0.6 is 0 Å². The number of rotatable bonds is 14. The molecule has 0 aliphatic carbocycles. The average molecular weight is 311 g/mol. The molecule has 0 spiro atoms. The minimum Gasteiger partial charge on any atom is -0.353 e. The molecular formula is C20H38O2. The molecule has 0 aliphatic rings. The number of unbranched alkanes of at least 4 members (excludes halogenated alkanes) is 5. The first-order chi connectivity index (χ1) is 10.7.